The summed E-state index contributed by atoms with van der Waals surface area (Å²) < 4.78 is 8.03. The standard InChI is InChI=1S/C31H32N2O4/c1-22(20-30(34)32(3)28-12-7-8-13-29(28)37-19-9-14-31(35)36)25-15-16-27-26(21-25)17-18-33(27)23(2)24-10-5-4-6-11-24/h4-8,10-13,15-18,20-21,23H,9,14,19H2,1-3H3,(H,35,36). The minimum atomic E-state index is -0.856. The Morgan fingerprint density at radius 1 is 1.03 bits per heavy atom. The normalized spacial score (nSPS) is 12.4. The number of nitrogens with zero attached hydrogens (tertiary/aromatic N) is 2. The molecule has 1 unspecified atom stereocenters. The van der Waals surface area contributed by atoms with E-state index in [1.807, 2.05) is 31.2 Å². The van der Waals surface area contributed by atoms with Crippen molar-refractivity contribution in [2.24, 2.45) is 0 Å². The minimum absolute atomic E-state index is 0.0394. The predicted octanol–water partition coefficient (Wildman–Crippen LogP) is 6.56. The van der Waals surface area contributed by atoms with E-state index in [9.17, 15) is 9.59 Å². The Morgan fingerprint density at radius 2 is 1.76 bits per heavy atom. The average molecular weight is 497 g/mol. The van der Waals surface area contributed by atoms with Gasteiger partial charge >= 0.3 is 5.97 Å². The van der Waals surface area contributed by atoms with Crippen LogP contribution in [0, 0.1) is 0 Å². The first-order valence-electron chi connectivity index (χ1n) is 12.4. The summed E-state index contributed by atoms with van der Waals surface area (Å²) in [6, 6.07) is 26.3. The molecule has 0 saturated heterocycles. The lowest BCUT2D eigenvalue weighted by atomic mass is 10.0. The van der Waals surface area contributed by atoms with Crippen molar-refractivity contribution in [3.05, 3.63) is 102 Å². The second kappa shape index (κ2) is 11.6. The van der Waals surface area contributed by atoms with Crippen molar-refractivity contribution >= 4 is 34.0 Å². The van der Waals surface area contributed by atoms with Crippen LogP contribution in [0.4, 0.5) is 5.69 Å². The average Bonchev–Trinajstić information content (AvgIpc) is 3.34. The van der Waals surface area contributed by atoms with Crippen LogP contribution < -0.4 is 9.64 Å². The summed E-state index contributed by atoms with van der Waals surface area (Å²) in [5, 5.41) is 9.94. The minimum Gasteiger partial charge on any atom is -0.491 e. The molecule has 0 spiro atoms. The third-order valence-electron chi connectivity index (χ3n) is 6.56. The van der Waals surface area contributed by atoms with Crippen LogP contribution in [-0.4, -0.2) is 35.2 Å². The second-order valence-corrected chi connectivity index (χ2v) is 9.12. The quantitative estimate of drug-likeness (QED) is 0.199. The van der Waals surface area contributed by atoms with Crippen LogP contribution >= 0.6 is 0 Å². The Bertz CT molecular complexity index is 1420. The highest BCUT2D eigenvalue weighted by molar-refractivity contribution is 6.06. The molecule has 4 aromatic rings. The molecule has 0 saturated carbocycles. The monoisotopic (exact) mass is 496 g/mol. The van der Waals surface area contributed by atoms with Gasteiger partial charge in [0.15, 0.2) is 0 Å². The summed E-state index contributed by atoms with van der Waals surface area (Å²) >= 11 is 0. The van der Waals surface area contributed by atoms with Gasteiger partial charge in [-0.1, -0.05) is 48.5 Å². The van der Waals surface area contributed by atoms with Gasteiger partial charge in [0, 0.05) is 36.6 Å². The molecular formula is C31H32N2O4. The second-order valence-electron chi connectivity index (χ2n) is 9.12. The zero-order valence-corrected chi connectivity index (χ0v) is 21.4. The molecule has 1 N–H and O–H groups in total. The molecule has 0 aliphatic heterocycles. The number of carbonyl (C=O) groups excluding carboxylic acids is 1. The highest BCUT2D eigenvalue weighted by atomic mass is 16.5. The number of ether oxygens (including phenoxy) is 1. The molecule has 0 fully saturated rings. The number of anilines is 1. The van der Waals surface area contributed by atoms with E-state index >= 15 is 0 Å². The lowest BCUT2D eigenvalue weighted by Crippen LogP contribution is -2.25. The van der Waals surface area contributed by atoms with Crippen molar-refractivity contribution in [1.82, 2.24) is 4.57 Å². The number of amides is 1. The summed E-state index contributed by atoms with van der Waals surface area (Å²) in [7, 11) is 1.71. The fourth-order valence-corrected chi connectivity index (χ4v) is 4.39. The number of likely N-dealkylation sites (N-methyl/N-ethyl adjacent to an activating group) is 1. The molecule has 0 aliphatic carbocycles. The van der Waals surface area contributed by atoms with E-state index in [0.29, 0.717) is 17.9 Å². The third kappa shape index (κ3) is 6.09. The van der Waals surface area contributed by atoms with Crippen LogP contribution in [0.3, 0.4) is 0 Å². The molecule has 6 heteroatoms. The molecule has 1 heterocycles. The smallest absolute Gasteiger partial charge is 0.303 e. The SMILES string of the molecule is CC(=CC(=O)N(C)c1ccccc1OCCCC(=O)O)c1ccc2c(ccn2C(C)c2ccccc2)c1. The van der Waals surface area contributed by atoms with Crippen molar-refractivity contribution in [2.75, 3.05) is 18.6 Å². The Balaban J connectivity index is 1.50. The Kier molecular flexibility index (Phi) is 8.08. The Morgan fingerprint density at radius 3 is 2.51 bits per heavy atom. The van der Waals surface area contributed by atoms with E-state index in [2.05, 4.69) is 66.2 Å². The van der Waals surface area contributed by atoms with Gasteiger partial charge in [-0.2, -0.15) is 0 Å². The number of carbonyl (C=O) groups is 2. The van der Waals surface area contributed by atoms with Gasteiger partial charge in [-0.05, 0) is 67.3 Å². The van der Waals surface area contributed by atoms with Crippen LogP contribution in [0.5, 0.6) is 5.75 Å². The number of allylic oxidation sites excluding steroid dienone is 1. The Labute approximate surface area is 217 Å². The van der Waals surface area contributed by atoms with E-state index in [1.54, 1.807) is 24.1 Å². The van der Waals surface area contributed by atoms with Crippen molar-refractivity contribution in [2.45, 2.75) is 32.7 Å². The highest BCUT2D eigenvalue weighted by Gasteiger charge is 2.15. The van der Waals surface area contributed by atoms with Crippen LogP contribution in [-0.2, 0) is 9.59 Å². The van der Waals surface area contributed by atoms with Gasteiger partial charge in [0.1, 0.15) is 5.75 Å². The zero-order valence-electron chi connectivity index (χ0n) is 21.4. The van der Waals surface area contributed by atoms with Gasteiger partial charge in [-0.15, -0.1) is 0 Å². The molecule has 1 aromatic heterocycles. The summed E-state index contributed by atoms with van der Waals surface area (Å²) in [4.78, 5) is 25.4. The summed E-state index contributed by atoms with van der Waals surface area (Å²) in [5.41, 5.74) is 4.87. The van der Waals surface area contributed by atoms with E-state index in [1.165, 1.54) is 5.56 Å². The van der Waals surface area contributed by atoms with Gasteiger partial charge in [-0.25, -0.2) is 0 Å². The zero-order chi connectivity index (χ0) is 26.4. The van der Waals surface area contributed by atoms with Crippen LogP contribution in [0.2, 0.25) is 0 Å². The molecule has 3 aromatic carbocycles. The van der Waals surface area contributed by atoms with E-state index in [4.69, 9.17) is 9.84 Å². The van der Waals surface area contributed by atoms with Crippen LogP contribution in [0.15, 0.2) is 91.1 Å². The van der Waals surface area contributed by atoms with Gasteiger partial charge in [0.25, 0.3) is 5.91 Å². The molecule has 4 rings (SSSR count). The topological polar surface area (TPSA) is 71.8 Å². The summed E-state index contributed by atoms with van der Waals surface area (Å²) in [6.45, 7) is 4.39. The van der Waals surface area contributed by atoms with Crippen molar-refractivity contribution < 1.29 is 19.4 Å². The fourth-order valence-electron chi connectivity index (χ4n) is 4.39. The number of aliphatic carboxylic acids is 1. The van der Waals surface area contributed by atoms with Gasteiger partial charge in [0.2, 0.25) is 0 Å². The number of carboxylic acid groups (broad SMARTS) is 1. The first kappa shape index (κ1) is 25.8. The fraction of sp³-hybridized carbons (Fsp3) is 0.226. The number of fused-ring (bicyclic) bond motifs is 1. The number of carboxylic acids is 1. The molecule has 0 radical (unpaired) electrons. The van der Waals surface area contributed by atoms with Crippen LogP contribution in [0.1, 0.15) is 43.9 Å². The lowest BCUT2D eigenvalue weighted by Gasteiger charge is -2.20. The molecule has 1 amide bonds. The molecule has 1 atom stereocenters. The van der Waals surface area contributed by atoms with E-state index in [-0.39, 0.29) is 25.0 Å². The first-order chi connectivity index (χ1) is 17.8. The Hall–Kier alpha value is -4.32. The first-order valence-corrected chi connectivity index (χ1v) is 12.4. The lowest BCUT2D eigenvalue weighted by molar-refractivity contribution is -0.137. The van der Waals surface area contributed by atoms with Gasteiger partial charge < -0.3 is 19.3 Å². The molecule has 6 nitrogen and oxygen atoms in total. The van der Waals surface area contributed by atoms with E-state index < -0.39 is 5.97 Å². The number of rotatable bonds is 10. The number of aromatic nitrogens is 1. The number of hydrogen-bond acceptors (Lipinski definition) is 3. The number of para-hydroxylation sites is 2. The summed E-state index contributed by atoms with van der Waals surface area (Å²) in [5.74, 6) is -0.482. The van der Waals surface area contributed by atoms with Gasteiger partial charge in [0.05, 0.1) is 18.3 Å². The molecule has 0 bridgehead atoms. The summed E-state index contributed by atoms with van der Waals surface area (Å²) in [6.07, 6.45) is 4.18. The maximum atomic E-state index is 13.1. The molecule has 0 aliphatic rings. The molecule has 37 heavy (non-hydrogen) atoms. The number of benzene rings is 3. The third-order valence-corrected chi connectivity index (χ3v) is 6.56. The number of hydrogen-bond donors (Lipinski definition) is 1. The van der Waals surface area contributed by atoms with Crippen molar-refractivity contribution in [3.63, 3.8) is 0 Å². The predicted molar refractivity (Wildman–Crippen MR) is 148 cm³/mol. The maximum absolute atomic E-state index is 13.1. The largest absolute Gasteiger partial charge is 0.491 e. The maximum Gasteiger partial charge on any atom is 0.303 e. The molecule has 190 valence electrons. The van der Waals surface area contributed by atoms with Crippen molar-refractivity contribution in [3.8, 4) is 5.75 Å². The van der Waals surface area contributed by atoms with Crippen LogP contribution in [0.25, 0.3) is 16.5 Å². The van der Waals surface area contributed by atoms with E-state index in [0.717, 1.165) is 22.0 Å². The van der Waals surface area contributed by atoms with Crippen molar-refractivity contribution in [1.29, 1.82) is 0 Å². The van der Waals surface area contributed by atoms with Gasteiger partial charge in [-0.3, -0.25) is 9.59 Å². The molecular weight excluding hydrogens is 464 g/mol. The highest BCUT2D eigenvalue weighted by Crippen LogP contribution is 2.30.